The van der Waals surface area contributed by atoms with Crippen molar-refractivity contribution in [3.63, 3.8) is 0 Å². The Kier molecular flexibility index (Phi) is 4.00. The van der Waals surface area contributed by atoms with Gasteiger partial charge in [-0.25, -0.2) is 12.7 Å². The molecule has 0 amide bonds. The van der Waals surface area contributed by atoms with Crippen LogP contribution < -0.4 is 4.90 Å². The van der Waals surface area contributed by atoms with Crippen molar-refractivity contribution >= 4 is 15.7 Å². The fourth-order valence-electron chi connectivity index (χ4n) is 4.02. The molecule has 1 unspecified atom stereocenters. The zero-order chi connectivity index (χ0) is 17.5. The lowest BCUT2D eigenvalue weighted by Crippen LogP contribution is -2.38. The summed E-state index contributed by atoms with van der Waals surface area (Å²) in [5.74, 6) is 0.150. The Bertz CT molecular complexity index is 872. The van der Waals surface area contributed by atoms with Gasteiger partial charge in [0.25, 0.3) is 0 Å². The van der Waals surface area contributed by atoms with E-state index in [0.29, 0.717) is 13.1 Å². The summed E-state index contributed by atoms with van der Waals surface area (Å²) >= 11 is 0. The number of rotatable bonds is 4. The van der Waals surface area contributed by atoms with Crippen molar-refractivity contribution in [3.05, 3.63) is 54.1 Å². The maximum atomic E-state index is 12.3. The molecule has 0 bridgehead atoms. The third-order valence-corrected chi connectivity index (χ3v) is 7.12. The van der Waals surface area contributed by atoms with E-state index in [9.17, 15) is 8.42 Å². The molecule has 25 heavy (non-hydrogen) atoms. The van der Waals surface area contributed by atoms with Crippen LogP contribution in [0.1, 0.15) is 24.6 Å². The Morgan fingerprint density at radius 2 is 2.04 bits per heavy atom. The molecule has 0 aliphatic carbocycles. The second kappa shape index (κ2) is 6.07. The van der Waals surface area contributed by atoms with Crippen LogP contribution in [0.15, 0.2) is 42.9 Å². The van der Waals surface area contributed by atoms with E-state index in [0.717, 1.165) is 36.5 Å². The van der Waals surface area contributed by atoms with E-state index in [1.807, 2.05) is 24.5 Å². The first-order chi connectivity index (χ1) is 12.0. The molecule has 0 N–H and O–H groups in total. The maximum absolute atomic E-state index is 12.3. The van der Waals surface area contributed by atoms with Gasteiger partial charge in [0.1, 0.15) is 0 Å². The standard InChI is InChI=1S/C18H22N4O2S/c1-2-25(23,24)22-10-7-18(14-22)13-21(12-15-5-3-8-19-11-15)16-6-4-9-20-17(16)18/h3-6,8-9,11H,2,7,10,12-14H2,1H3. The summed E-state index contributed by atoms with van der Waals surface area (Å²) in [7, 11) is -3.16. The Morgan fingerprint density at radius 3 is 2.80 bits per heavy atom. The highest BCUT2D eigenvalue weighted by molar-refractivity contribution is 7.89. The van der Waals surface area contributed by atoms with Crippen molar-refractivity contribution in [2.75, 3.05) is 30.3 Å². The summed E-state index contributed by atoms with van der Waals surface area (Å²) < 4.78 is 26.3. The van der Waals surface area contributed by atoms with Crippen LogP contribution in [-0.2, 0) is 22.0 Å². The van der Waals surface area contributed by atoms with Gasteiger partial charge in [0, 0.05) is 50.2 Å². The quantitative estimate of drug-likeness (QED) is 0.834. The smallest absolute Gasteiger partial charge is 0.213 e. The Balaban J connectivity index is 1.65. The molecule has 1 fully saturated rings. The number of hydrogen-bond donors (Lipinski definition) is 0. The molecule has 4 rings (SSSR count). The summed E-state index contributed by atoms with van der Waals surface area (Å²) in [6.07, 6.45) is 6.28. The van der Waals surface area contributed by atoms with E-state index in [2.05, 4.69) is 27.0 Å². The maximum Gasteiger partial charge on any atom is 0.213 e. The van der Waals surface area contributed by atoms with E-state index >= 15 is 0 Å². The van der Waals surface area contributed by atoms with Crippen LogP contribution >= 0.6 is 0 Å². The number of sulfonamides is 1. The van der Waals surface area contributed by atoms with Gasteiger partial charge in [0.2, 0.25) is 10.0 Å². The van der Waals surface area contributed by atoms with Crippen LogP contribution in [0.4, 0.5) is 5.69 Å². The molecule has 2 aliphatic heterocycles. The number of aromatic nitrogens is 2. The van der Waals surface area contributed by atoms with Gasteiger partial charge in [-0.1, -0.05) is 6.07 Å². The third-order valence-electron chi connectivity index (χ3n) is 5.30. The van der Waals surface area contributed by atoms with Gasteiger partial charge in [-0.3, -0.25) is 9.97 Å². The molecule has 4 heterocycles. The first-order valence-corrected chi connectivity index (χ1v) is 10.2. The summed E-state index contributed by atoms with van der Waals surface area (Å²) in [6.45, 7) is 4.36. The van der Waals surface area contributed by atoms with Crippen molar-refractivity contribution in [1.82, 2.24) is 14.3 Å². The molecule has 132 valence electrons. The van der Waals surface area contributed by atoms with E-state index in [-0.39, 0.29) is 11.2 Å². The molecule has 0 saturated carbocycles. The zero-order valence-electron chi connectivity index (χ0n) is 14.3. The number of fused-ring (bicyclic) bond motifs is 2. The first kappa shape index (κ1) is 16.5. The fourth-order valence-corrected chi connectivity index (χ4v) is 5.19. The molecule has 7 heteroatoms. The van der Waals surface area contributed by atoms with Gasteiger partial charge >= 0.3 is 0 Å². The molecule has 2 aliphatic rings. The SMILES string of the molecule is CCS(=O)(=O)N1CCC2(CN(Cc3cccnc3)c3cccnc32)C1. The van der Waals surface area contributed by atoms with E-state index in [1.54, 1.807) is 17.4 Å². The summed E-state index contributed by atoms with van der Waals surface area (Å²) in [5.41, 5.74) is 3.08. The number of hydrogen-bond acceptors (Lipinski definition) is 5. The average molecular weight is 358 g/mol. The molecule has 1 atom stereocenters. The predicted molar refractivity (Wildman–Crippen MR) is 96.9 cm³/mol. The Morgan fingerprint density at radius 1 is 1.20 bits per heavy atom. The van der Waals surface area contributed by atoms with Crippen molar-refractivity contribution in [3.8, 4) is 0 Å². The normalized spacial score (nSPS) is 23.3. The monoisotopic (exact) mass is 358 g/mol. The molecular formula is C18H22N4O2S. The van der Waals surface area contributed by atoms with Crippen molar-refractivity contribution < 1.29 is 8.42 Å². The molecule has 1 spiro atoms. The minimum Gasteiger partial charge on any atom is -0.365 e. The highest BCUT2D eigenvalue weighted by Crippen LogP contribution is 2.46. The lowest BCUT2D eigenvalue weighted by Gasteiger charge is -2.25. The molecule has 6 nitrogen and oxygen atoms in total. The average Bonchev–Trinajstić information content (AvgIpc) is 3.20. The van der Waals surface area contributed by atoms with Crippen LogP contribution in [-0.4, -0.2) is 48.1 Å². The van der Waals surface area contributed by atoms with Gasteiger partial charge in [-0.2, -0.15) is 0 Å². The number of anilines is 1. The van der Waals surface area contributed by atoms with Gasteiger partial charge < -0.3 is 4.90 Å². The second-order valence-electron chi connectivity index (χ2n) is 6.85. The van der Waals surface area contributed by atoms with E-state index < -0.39 is 10.0 Å². The minimum atomic E-state index is -3.16. The molecule has 1 saturated heterocycles. The number of nitrogens with zero attached hydrogens (tertiary/aromatic N) is 4. The highest BCUT2D eigenvalue weighted by atomic mass is 32.2. The molecular weight excluding hydrogens is 336 g/mol. The predicted octanol–water partition coefficient (Wildman–Crippen LogP) is 1.79. The van der Waals surface area contributed by atoms with Gasteiger partial charge in [0.15, 0.2) is 0 Å². The summed E-state index contributed by atoms with van der Waals surface area (Å²) in [6, 6.07) is 8.04. The molecule has 2 aromatic heterocycles. The second-order valence-corrected chi connectivity index (χ2v) is 9.11. The van der Waals surface area contributed by atoms with Crippen LogP contribution in [0, 0.1) is 0 Å². The molecule has 0 radical (unpaired) electrons. The van der Waals surface area contributed by atoms with Crippen molar-refractivity contribution in [2.45, 2.75) is 25.3 Å². The van der Waals surface area contributed by atoms with Crippen LogP contribution in [0.2, 0.25) is 0 Å². The van der Waals surface area contributed by atoms with Gasteiger partial charge in [-0.05, 0) is 37.1 Å². The Hall–Kier alpha value is -1.99. The summed E-state index contributed by atoms with van der Waals surface area (Å²) in [5, 5.41) is 0. The van der Waals surface area contributed by atoms with E-state index in [4.69, 9.17) is 0 Å². The number of pyridine rings is 2. The zero-order valence-corrected chi connectivity index (χ0v) is 15.1. The van der Waals surface area contributed by atoms with Crippen LogP contribution in [0.25, 0.3) is 0 Å². The van der Waals surface area contributed by atoms with Gasteiger partial charge in [-0.15, -0.1) is 0 Å². The lowest BCUT2D eigenvalue weighted by molar-refractivity contribution is 0.425. The third kappa shape index (κ3) is 2.81. The van der Waals surface area contributed by atoms with E-state index in [1.165, 1.54) is 0 Å². The fraction of sp³-hybridized carbons (Fsp3) is 0.444. The first-order valence-electron chi connectivity index (χ1n) is 8.61. The largest absolute Gasteiger partial charge is 0.365 e. The van der Waals surface area contributed by atoms with Crippen molar-refractivity contribution in [2.24, 2.45) is 0 Å². The summed E-state index contributed by atoms with van der Waals surface area (Å²) in [4.78, 5) is 11.2. The van der Waals surface area contributed by atoms with Gasteiger partial charge in [0.05, 0.1) is 17.1 Å². The lowest BCUT2D eigenvalue weighted by atomic mass is 9.85. The van der Waals surface area contributed by atoms with Crippen molar-refractivity contribution in [1.29, 1.82) is 0 Å². The topological polar surface area (TPSA) is 66.4 Å². The van der Waals surface area contributed by atoms with Crippen LogP contribution in [0.3, 0.4) is 0 Å². The molecule has 0 aromatic carbocycles. The highest BCUT2D eigenvalue weighted by Gasteiger charge is 2.50. The molecule has 2 aromatic rings. The minimum absolute atomic E-state index is 0.150. The van der Waals surface area contributed by atoms with Crippen LogP contribution in [0.5, 0.6) is 0 Å². The Labute approximate surface area is 148 Å².